The lowest BCUT2D eigenvalue weighted by atomic mass is 9.66. The lowest BCUT2D eigenvalue weighted by Crippen LogP contribution is -2.47. The van der Waals surface area contributed by atoms with Gasteiger partial charge in [-0.05, 0) is 102 Å². The van der Waals surface area contributed by atoms with Crippen molar-refractivity contribution in [2.45, 2.75) is 182 Å². The van der Waals surface area contributed by atoms with Crippen LogP contribution in [0.5, 0.6) is 23.0 Å². The zero-order chi connectivity index (χ0) is 41.3. The minimum Gasteiger partial charge on any atom is -0.508 e. The molecule has 2 aliphatic carbocycles. The molecule has 6 aliphatic rings. The molecule has 2 aromatic carbocycles. The van der Waals surface area contributed by atoms with Crippen molar-refractivity contribution in [1.29, 1.82) is 0 Å². The topological polar surface area (TPSA) is 96.2 Å². The van der Waals surface area contributed by atoms with Crippen LogP contribution in [0.1, 0.15) is 178 Å². The third kappa shape index (κ3) is 9.22. The number of benzene rings is 2. The fourth-order valence-electron chi connectivity index (χ4n) is 11.1. The number of thioether (sulfide) groups is 4. The van der Waals surface area contributed by atoms with Gasteiger partial charge in [-0.25, -0.2) is 0 Å². The van der Waals surface area contributed by atoms with Crippen molar-refractivity contribution in [1.82, 2.24) is 0 Å². The van der Waals surface area contributed by atoms with E-state index >= 15 is 0 Å². The molecule has 0 unspecified atom stereocenters. The molecule has 4 aliphatic heterocycles. The normalized spacial score (nSPS) is 28.5. The summed E-state index contributed by atoms with van der Waals surface area (Å²) in [6.45, 7) is 13.1. The van der Waals surface area contributed by atoms with E-state index in [1.54, 1.807) is 0 Å². The molecule has 4 fully saturated rings. The summed E-state index contributed by atoms with van der Waals surface area (Å²) < 4.78 is 13.1. The minimum atomic E-state index is -0.312. The SMILES string of the molecule is CCCCCCC1(c2cc(O)c3c(c2)OC(C)(C)[C@@H]2CCC(=O)C[C@@H]32)SCCS1.CCCCCCC1(c2cc(O)c3c(c2)OC(C)(C)[C@@H]2CC[C@@H](O)C[C@@H]32)SCCS1. The summed E-state index contributed by atoms with van der Waals surface area (Å²) in [5.41, 5.74) is 3.63. The molecule has 5 atom stereocenters. The molecule has 6 nitrogen and oxygen atoms in total. The van der Waals surface area contributed by atoms with Gasteiger partial charge in [0.05, 0.1) is 14.3 Å². The maximum Gasteiger partial charge on any atom is 0.133 e. The number of aromatic hydroxyl groups is 2. The standard InChI is InChI=1S/C24H36O3S2.C24H34O3S2/c2*1-4-5-6-7-10-24(28-11-12-29-24)16-13-20(26)22-18-15-17(25)8-9-19(18)23(2,3)27-21(22)14-16/h13-14,17-19,25-26H,4-12,15H2,1-3H3;13-14,18-19,26H,4-12,15H2,1-3H3/t17-,18-,19-;18-,19-/m11/s1. The Hall–Kier alpha value is -1.33. The van der Waals surface area contributed by atoms with Crippen LogP contribution in [0.25, 0.3) is 0 Å². The van der Waals surface area contributed by atoms with Gasteiger partial charge < -0.3 is 24.8 Å². The fourth-order valence-corrected chi connectivity index (χ4v) is 17.7. The van der Waals surface area contributed by atoms with Gasteiger partial charge in [0.1, 0.15) is 40.0 Å². The molecule has 58 heavy (non-hydrogen) atoms. The molecule has 4 heterocycles. The van der Waals surface area contributed by atoms with E-state index in [-0.39, 0.29) is 43.2 Å². The van der Waals surface area contributed by atoms with Crippen LogP contribution in [0.3, 0.4) is 0 Å². The first-order chi connectivity index (χ1) is 27.7. The lowest BCUT2D eigenvalue weighted by molar-refractivity contribution is -0.124. The zero-order valence-electron chi connectivity index (χ0n) is 36.0. The number of Topliss-reactive ketones (excluding diaryl/α,β-unsaturated/α-hetero) is 1. The van der Waals surface area contributed by atoms with Crippen LogP contribution in [0, 0.1) is 11.8 Å². The molecule has 2 aromatic rings. The summed E-state index contributed by atoms with van der Waals surface area (Å²) in [7, 11) is 0. The summed E-state index contributed by atoms with van der Waals surface area (Å²) in [5, 5.41) is 32.6. The van der Waals surface area contributed by atoms with Crippen molar-refractivity contribution in [2.24, 2.45) is 11.8 Å². The van der Waals surface area contributed by atoms with Crippen LogP contribution in [0.4, 0.5) is 0 Å². The van der Waals surface area contributed by atoms with Crippen molar-refractivity contribution >= 4 is 52.8 Å². The van der Waals surface area contributed by atoms with Crippen LogP contribution in [0.2, 0.25) is 0 Å². The van der Waals surface area contributed by atoms with Gasteiger partial charge in [0.25, 0.3) is 0 Å². The molecule has 0 amide bonds. The molecule has 8 rings (SSSR count). The minimum absolute atomic E-state index is 0.0208. The van der Waals surface area contributed by atoms with Crippen molar-refractivity contribution in [3.63, 3.8) is 0 Å². The van der Waals surface area contributed by atoms with Crippen LogP contribution >= 0.6 is 47.0 Å². The van der Waals surface area contributed by atoms with E-state index in [0.29, 0.717) is 36.0 Å². The van der Waals surface area contributed by atoms with Crippen LogP contribution in [-0.4, -0.2) is 61.4 Å². The molecule has 0 aromatic heterocycles. The molecule has 2 saturated carbocycles. The van der Waals surface area contributed by atoms with Gasteiger partial charge >= 0.3 is 0 Å². The van der Waals surface area contributed by atoms with E-state index in [9.17, 15) is 20.1 Å². The van der Waals surface area contributed by atoms with Gasteiger partial charge in [-0.3, -0.25) is 4.79 Å². The van der Waals surface area contributed by atoms with E-state index in [0.717, 1.165) is 72.7 Å². The molecule has 0 radical (unpaired) electrons. The number of aliphatic hydroxyl groups is 1. The second-order valence-corrected chi connectivity index (χ2v) is 25.0. The molecular formula is C48H70O6S4. The van der Waals surface area contributed by atoms with E-state index in [2.05, 4.69) is 53.7 Å². The second-order valence-electron chi connectivity index (χ2n) is 18.9. The van der Waals surface area contributed by atoms with Gasteiger partial charge in [-0.15, -0.1) is 47.0 Å². The fraction of sp³-hybridized carbons (Fsp3) is 0.729. The van der Waals surface area contributed by atoms with Gasteiger partial charge in [0.15, 0.2) is 0 Å². The van der Waals surface area contributed by atoms with Crippen molar-refractivity contribution in [3.8, 4) is 23.0 Å². The average Bonchev–Trinajstić information content (AvgIpc) is 3.86. The highest BCUT2D eigenvalue weighted by Crippen LogP contribution is 2.61. The Kier molecular flexibility index (Phi) is 14.3. The molecule has 0 bridgehead atoms. The van der Waals surface area contributed by atoms with Gasteiger partial charge in [0, 0.05) is 70.7 Å². The first kappa shape index (κ1) is 44.7. The number of phenolic OH excluding ortho intramolecular Hbond substituents is 2. The number of hydrogen-bond donors (Lipinski definition) is 3. The van der Waals surface area contributed by atoms with Gasteiger partial charge in [-0.2, -0.15) is 0 Å². The number of aliphatic hydroxyl groups excluding tert-OH is 1. The zero-order valence-corrected chi connectivity index (χ0v) is 39.3. The van der Waals surface area contributed by atoms with Crippen molar-refractivity contribution in [3.05, 3.63) is 46.5 Å². The highest BCUT2D eigenvalue weighted by molar-refractivity contribution is 8.21. The highest BCUT2D eigenvalue weighted by Gasteiger charge is 2.50. The smallest absolute Gasteiger partial charge is 0.133 e. The molecule has 2 saturated heterocycles. The Labute approximate surface area is 366 Å². The summed E-state index contributed by atoms with van der Waals surface area (Å²) in [6.07, 6.45) is 16.6. The maximum absolute atomic E-state index is 12.2. The van der Waals surface area contributed by atoms with E-state index in [1.165, 1.54) is 74.0 Å². The maximum atomic E-state index is 12.2. The van der Waals surface area contributed by atoms with E-state index in [1.807, 2.05) is 59.2 Å². The number of hydrogen-bond acceptors (Lipinski definition) is 10. The summed E-state index contributed by atoms with van der Waals surface area (Å²) in [4.78, 5) is 12.2. The highest BCUT2D eigenvalue weighted by atomic mass is 32.2. The number of phenols is 2. The summed E-state index contributed by atoms with van der Waals surface area (Å²) in [5.74, 6) is 8.19. The second kappa shape index (κ2) is 18.6. The number of ketones is 1. The Bertz CT molecular complexity index is 1750. The Balaban J connectivity index is 0.000000177. The van der Waals surface area contributed by atoms with Gasteiger partial charge in [-0.1, -0.05) is 65.2 Å². The molecule has 322 valence electrons. The van der Waals surface area contributed by atoms with Gasteiger partial charge in [0.2, 0.25) is 0 Å². The van der Waals surface area contributed by atoms with Crippen molar-refractivity contribution in [2.75, 3.05) is 23.0 Å². The molecular weight excluding hydrogens is 801 g/mol. The number of carbonyl (C=O) groups is 1. The predicted molar refractivity (Wildman–Crippen MR) is 248 cm³/mol. The van der Waals surface area contributed by atoms with E-state index < -0.39 is 0 Å². The largest absolute Gasteiger partial charge is 0.508 e. The Morgan fingerprint density at radius 3 is 1.59 bits per heavy atom. The first-order valence-corrected chi connectivity index (χ1v) is 26.5. The van der Waals surface area contributed by atoms with Crippen LogP contribution < -0.4 is 9.47 Å². The third-order valence-corrected chi connectivity index (χ3v) is 21.3. The molecule has 3 N–H and O–H groups in total. The first-order valence-electron chi connectivity index (χ1n) is 22.6. The lowest BCUT2D eigenvalue weighted by Gasteiger charge is -2.48. The van der Waals surface area contributed by atoms with Crippen LogP contribution in [0.15, 0.2) is 24.3 Å². The number of unbranched alkanes of at least 4 members (excludes halogenated alkanes) is 6. The summed E-state index contributed by atoms with van der Waals surface area (Å²) in [6, 6.07) is 8.42. The number of ether oxygens (including phenoxy) is 2. The number of carbonyl (C=O) groups excluding carboxylic acids is 1. The Morgan fingerprint density at radius 2 is 1.10 bits per heavy atom. The molecule has 0 spiro atoms. The number of rotatable bonds is 12. The summed E-state index contributed by atoms with van der Waals surface area (Å²) >= 11 is 8.13. The monoisotopic (exact) mass is 870 g/mol. The predicted octanol–water partition coefficient (Wildman–Crippen LogP) is 13.0. The quantitative estimate of drug-likeness (QED) is 0.179. The third-order valence-electron chi connectivity index (χ3n) is 14.1. The Morgan fingerprint density at radius 1 is 0.638 bits per heavy atom. The molecule has 10 heteroatoms. The van der Waals surface area contributed by atoms with Crippen molar-refractivity contribution < 1.29 is 29.6 Å². The number of fused-ring (bicyclic) bond motifs is 6. The van der Waals surface area contributed by atoms with Crippen LogP contribution in [-0.2, 0) is 13.0 Å². The van der Waals surface area contributed by atoms with E-state index in [4.69, 9.17) is 9.47 Å². The average molecular weight is 871 g/mol.